The van der Waals surface area contributed by atoms with Crippen molar-refractivity contribution in [3.63, 3.8) is 0 Å². The van der Waals surface area contributed by atoms with E-state index in [0.717, 1.165) is 16.8 Å². The van der Waals surface area contributed by atoms with E-state index in [1.54, 1.807) is 23.8 Å². The molecule has 0 spiro atoms. The monoisotopic (exact) mass is 301 g/mol. The third-order valence-electron chi connectivity index (χ3n) is 3.61. The van der Waals surface area contributed by atoms with Gasteiger partial charge in [0.25, 0.3) is 0 Å². The number of rotatable bonds is 4. The number of hydrogen-bond acceptors (Lipinski definition) is 6. The second-order valence-electron chi connectivity index (χ2n) is 5.15. The maximum Gasteiger partial charge on any atom is 0.240 e. The van der Waals surface area contributed by atoms with Gasteiger partial charge in [-0.1, -0.05) is 12.1 Å². The number of ether oxygens (including phenoxy) is 1. The van der Waals surface area contributed by atoms with Gasteiger partial charge >= 0.3 is 0 Å². The van der Waals surface area contributed by atoms with Gasteiger partial charge < -0.3 is 4.74 Å². The van der Waals surface area contributed by atoms with Crippen LogP contribution in [0, 0.1) is 10.8 Å². The Labute approximate surface area is 126 Å². The molecule has 3 heterocycles. The van der Waals surface area contributed by atoms with Gasteiger partial charge in [-0.3, -0.25) is 4.79 Å². The van der Waals surface area contributed by atoms with E-state index >= 15 is 0 Å². The minimum atomic E-state index is -0.0971. The van der Waals surface area contributed by atoms with Crippen LogP contribution in [0.3, 0.4) is 0 Å². The number of methoxy groups -OCH3 is 1. The fraction of sp³-hybridized carbons (Fsp3) is 0.357. The molecule has 0 saturated heterocycles. The molecular formula is C14H15N5O3. The Kier molecular flexibility index (Phi) is 3.58. The first-order valence-corrected chi connectivity index (χ1v) is 6.85. The highest BCUT2D eigenvalue weighted by molar-refractivity contribution is 6.10. The lowest BCUT2D eigenvalue weighted by molar-refractivity contribution is -0.121. The van der Waals surface area contributed by atoms with Crippen molar-refractivity contribution in [1.29, 1.82) is 0 Å². The zero-order valence-corrected chi connectivity index (χ0v) is 12.2. The van der Waals surface area contributed by atoms with Crippen molar-refractivity contribution in [2.24, 2.45) is 16.2 Å². The fourth-order valence-electron chi connectivity index (χ4n) is 2.59. The number of nitrogens with zero attached hydrogens (tertiary/aromatic N) is 4. The first-order chi connectivity index (χ1) is 10.6. The average Bonchev–Trinajstić information content (AvgIpc) is 2.91. The number of nitrogens with one attached hydrogen (secondary N) is 1. The van der Waals surface area contributed by atoms with Crippen LogP contribution in [0.4, 0.5) is 0 Å². The Morgan fingerprint density at radius 3 is 3.00 bits per heavy atom. The summed E-state index contributed by atoms with van der Waals surface area (Å²) in [4.78, 5) is 21.9. The van der Waals surface area contributed by atoms with Crippen LogP contribution in [-0.2, 0) is 11.3 Å². The highest BCUT2D eigenvalue weighted by Gasteiger charge is 2.24. The van der Waals surface area contributed by atoms with Gasteiger partial charge in [0, 0.05) is 24.0 Å². The quantitative estimate of drug-likeness (QED) is 0.865. The highest BCUT2D eigenvalue weighted by Crippen LogP contribution is 2.25. The molecule has 0 radical (unpaired) electrons. The second-order valence-corrected chi connectivity index (χ2v) is 5.15. The van der Waals surface area contributed by atoms with Crippen LogP contribution in [-0.4, -0.2) is 28.3 Å². The molecule has 2 aromatic heterocycles. The molecule has 0 saturated carbocycles. The van der Waals surface area contributed by atoms with Gasteiger partial charge in [-0.15, -0.1) is 0 Å². The smallest absolute Gasteiger partial charge is 0.240 e. The Bertz CT molecular complexity index is 780. The van der Waals surface area contributed by atoms with Crippen LogP contribution in [0.25, 0.3) is 5.52 Å². The number of amides is 1. The van der Waals surface area contributed by atoms with Crippen molar-refractivity contribution in [3.8, 4) is 5.88 Å². The maximum absolute atomic E-state index is 11.4. The summed E-state index contributed by atoms with van der Waals surface area (Å²) in [6.07, 6.45) is 0.383. The first kappa shape index (κ1) is 14.2. The SMILES string of the molecule is COc1ccc(C2=NNC(=O)CC2C)c2cc(CN=O)nn12. The fourth-order valence-corrected chi connectivity index (χ4v) is 2.59. The number of hydrazone groups is 1. The van der Waals surface area contributed by atoms with Crippen LogP contribution in [0.1, 0.15) is 24.6 Å². The molecule has 2 aromatic rings. The van der Waals surface area contributed by atoms with Crippen LogP contribution < -0.4 is 10.2 Å². The number of nitroso groups, excluding NO2 is 1. The molecule has 1 N–H and O–H groups in total. The minimum Gasteiger partial charge on any atom is -0.481 e. The Morgan fingerprint density at radius 2 is 2.32 bits per heavy atom. The van der Waals surface area contributed by atoms with E-state index in [2.05, 4.69) is 20.8 Å². The summed E-state index contributed by atoms with van der Waals surface area (Å²) in [6.45, 7) is 1.94. The van der Waals surface area contributed by atoms with Gasteiger partial charge in [-0.2, -0.15) is 15.1 Å². The summed E-state index contributed by atoms with van der Waals surface area (Å²) in [5.74, 6) is 0.442. The van der Waals surface area contributed by atoms with E-state index in [0.29, 0.717) is 18.0 Å². The predicted octanol–water partition coefficient (Wildman–Crippen LogP) is 1.47. The van der Waals surface area contributed by atoms with E-state index in [-0.39, 0.29) is 18.4 Å². The van der Waals surface area contributed by atoms with E-state index < -0.39 is 0 Å². The van der Waals surface area contributed by atoms with Crippen molar-refractivity contribution in [1.82, 2.24) is 15.0 Å². The van der Waals surface area contributed by atoms with E-state index in [9.17, 15) is 9.70 Å². The summed E-state index contributed by atoms with van der Waals surface area (Å²) in [6, 6.07) is 5.44. The highest BCUT2D eigenvalue weighted by atomic mass is 16.5. The minimum absolute atomic E-state index is 0.00603. The molecule has 22 heavy (non-hydrogen) atoms. The molecule has 8 heteroatoms. The van der Waals surface area contributed by atoms with Crippen molar-refractivity contribution in [2.75, 3.05) is 7.11 Å². The Balaban J connectivity index is 2.17. The van der Waals surface area contributed by atoms with Crippen molar-refractivity contribution < 1.29 is 9.53 Å². The van der Waals surface area contributed by atoms with Crippen LogP contribution in [0.2, 0.25) is 0 Å². The van der Waals surface area contributed by atoms with Gasteiger partial charge in [0.05, 0.1) is 24.0 Å². The molecule has 0 fully saturated rings. The largest absolute Gasteiger partial charge is 0.481 e. The van der Waals surface area contributed by atoms with Crippen molar-refractivity contribution in [2.45, 2.75) is 19.9 Å². The predicted molar refractivity (Wildman–Crippen MR) is 79.7 cm³/mol. The molecule has 1 atom stereocenters. The molecule has 0 aliphatic carbocycles. The normalized spacial score (nSPS) is 18.0. The van der Waals surface area contributed by atoms with E-state index in [1.807, 2.05) is 13.0 Å². The molecule has 3 rings (SSSR count). The summed E-state index contributed by atoms with van der Waals surface area (Å²) < 4.78 is 6.90. The molecule has 1 amide bonds. The van der Waals surface area contributed by atoms with Gasteiger partial charge in [-0.05, 0) is 12.1 Å². The first-order valence-electron chi connectivity index (χ1n) is 6.85. The average molecular weight is 301 g/mol. The number of carbonyl (C=O) groups excluding carboxylic acids is 1. The molecular weight excluding hydrogens is 286 g/mol. The molecule has 0 aromatic carbocycles. The third-order valence-corrected chi connectivity index (χ3v) is 3.61. The number of fused-ring (bicyclic) bond motifs is 1. The molecule has 1 aliphatic rings. The Morgan fingerprint density at radius 1 is 1.50 bits per heavy atom. The number of carbonyl (C=O) groups is 1. The zero-order chi connectivity index (χ0) is 15.7. The summed E-state index contributed by atoms with van der Waals surface area (Å²) >= 11 is 0. The second kappa shape index (κ2) is 5.55. The van der Waals surface area contributed by atoms with Gasteiger partial charge in [0.2, 0.25) is 11.8 Å². The summed E-state index contributed by atoms with van der Waals surface area (Å²) in [5.41, 5.74) is 5.44. The number of aromatic nitrogens is 2. The van der Waals surface area contributed by atoms with Gasteiger partial charge in [0.1, 0.15) is 6.54 Å². The maximum atomic E-state index is 11.4. The molecule has 1 unspecified atom stereocenters. The number of hydrogen-bond donors (Lipinski definition) is 1. The third kappa shape index (κ3) is 2.32. The lowest BCUT2D eigenvalue weighted by atomic mass is 9.94. The van der Waals surface area contributed by atoms with Gasteiger partial charge in [-0.25, -0.2) is 9.94 Å². The molecule has 114 valence electrons. The van der Waals surface area contributed by atoms with Gasteiger partial charge in [0.15, 0.2) is 0 Å². The lowest BCUT2D eigenvalue weighted by Gasteiger charge is -2.20. The van der Waals surface area contributed by atoms with E-state index in [1.165, 1.54) is 0 Å². The lowest BCUT2D eigenvalue weighted by Crippen LogP contribution is -2.32. The van der Waals surface area contributed by atoms with Crippen molar-refractivity contribution in [3.05, 3.63) is 34.4 Å². The summed E-state index contributed by atoms with van der Waals surface area (Å²) in [5, 5.41) is 11.4. The topological polar surface area (TPSA) is 97.4 Å². The molecule has 1 aliphatic heterocycles. The Hall–Kier alpha value is -2.77. The molecule has 8 nitrogen and oxygen atoms in total. The van der Waals surface area contributed by atoms with E-state index in [4.69, 9.17) is 4.74 Å². The van der Waals surface area contributed by atoms with Crippen LogP contribution in [0.5, 0.6) is 5.88 Å². The summed E-state index contributed by atoms with van der Waals surface area (Å²) in [7, 11) is 1.55. The van der Waals surface area contributed by atoms with Crippen molar-refractivity contribution >= 4 is 17.1 Å². The molecule has 0 bridgehead atoms. The standard InChI is InChI=1S/C14H15N5O3/c1-8-5-12(20)16-17-14(8)10-3-4-13(22-2)19-11(10)6-9(18-19)7-15-21/h3-4,6,8H,5,7H2,1-2H3,(H,16,20). The van der Waals surface area contributed by atoms with Crippen LogP contribution in [0.15, 0.2) is 28.5 Å². The van der Waals surface area contributed by atoms with Crippen LogP contribution >= 0.6 is 0 Å². The number of pyridine rings is 1. The zero-order valence-electron chi connectivity index (χ0n) is 12.2.